The van der Waals surface area contributed by atoms with E-state index < -0.39 is 0 Å². The van der Waals surface area contributed by atoms with Crippen LogP contribution in [0.4, 0.5) is 11.4 Å². The average molecular weight is 353 g/mol. The van der Waals surface area contributed by atoms with Gasteiger partial charge in [-0.25, -0.2) is 0 Å². The fourth-order valence-corrected chi connectivity index (χ4v) is 2.51. The fraction of sp³-hybridized carbons (Fsp3) is 0.235. The van der Waals surface area contributed by atoms with Crippen molar-refractivity contribution >= 4 is 40.5 Å². The summed E-state index contributed by atoms with van der Waals surface area (Å²) in [5.41, 5.74) is 2.45. The minimum atomic E-state index is -0.0797. The van der Waals surface area contributed by atoms with Crippen LogP contribution in [0.5, 0.6) is 5.75 Å². The molecule has 0 aliphatic carbocycles. The molecule has 0 radical (unpaired) electrons. The maximum atomic E-state index is 12.0. The van der Waals surface area contributed by atoms with Gasteiger partial charge in [-0.15, -0.1) is 0 Å². The number of halogens is 2. The van der Waals surface area contributed by atoms with Crippen LogP contribution in [0, 0.1) is 6.92 Å². The molecule has 0 spiro atoms. The molecule has 4 nitrogen and oxygen atoms in total. The van der Waals surface area contributed by atoms with E-state index >= 15 is 0 Å². The van der Waals surface area contributed by atoms with Crippen LogP contribution in [0.15, 0.2) is 36.4 Å². The summed E-state index contributed by atoms with van der Waals surface area (Å²) in [5.74, 6) is 0.604. The summed E-state index contributed by atoms with van der Waals surface area (Å²) >= 11 is 11.9. The number of carbonyl (C=O) groups is 1. The van der Waals surface area contributed by atoms with Crippen LogP contribution >= 0.6 is 23.2 Å². The molecule has 2 aromatic carbocycles. The Bertz CT molecular complexity index is 705. The van der Waals surface area contributed by atoms with E-state index in [0.29, 0.717) is 28.8 Å². The topological polar surface area (TPSA) is 50.4 Å². The smallest absolute Gasteiger partial charge is 0.226 e. The zero-order valence-electron chi connectivity index (χ0n) is 13.0. The van der Waals surface area contributed by atoms with Crippen LogP contribution in [0.1, 0.15) is 12.0 Å². The third kappa shape index (κ3) is 5.05. The van der Waals surface area contributed by atoms with E-state index in [0.717, 1.165) is 16.9 Å². The highest BCUT2D eigenvalue weighted by molar-refractivity contribution is 6.31. The predicted molar refractivity (Wildman–Crippen MR) is 95.9 cm³/mol. The van der Waals surface area contributed by atoms with Crippen molar-refractivity contribution in [1.29, 1.82) is 0 Å². The molecular formula is C17H18Cl2N2O2. The first-order valence-corrected chi connectivity index (χ1v) is 7.88. The monoisotopic (exact) mass is 352 g/mol. The first kappa shape index (κ1) is 17.4. The summed E-state index contributed by atoms with van der Waals surface area (Å²) in [6, 6.07) is 10.7. The second kappa shape index (κ2) is 8.09. The standard InChI is InChI=1S/C17H18Cl2N2O2/c1-11-9-12(18)3-5-14(11)21-17(22)7-8-20-15-10-13(19)4-6-16(15)23-2/h3-6,9-10,20H,7-8H2,1-2H3,(H,21,22). The third-order valence-electron chi connectivity index (χ3n) is 3.29. The molecule has 122 valence electrons. The lowest BCUT2D eigenvalue weighted by molar-refractivity contribution is -0.115. The first-order chi connectivity index (χ1) is 11.0. The molecule has 0 saturated heterocycles. The number of rotatable bonds is 6. The van der Waals surface area contributed by atoms with Crippen LogP contribution in [0.2, 0.25) is 10.0 Å². The normalized spacial score (nSPS) is 10.3. The molecule has 0 aromatic heterocycles. The number of carbonyl (C=O) groups excluding carboxylic acids is 1. The summed E-state index contributed by atoms with van der Waals surface area (Å²) in [4.78, 5) is 12.0. The van der Waals surface area contributed by atoms with Gasteiger partial charge in [0.1, 0.15) is 5.75 Å². The zero-order chi connectivity index (χ0) is 16.8. The van der Waals surface area contributed by atoms with Crippen molar-refractivity contribution in [3.05, 3.63) is 52.0 Å². The molecule has 1 amide bonds. The summed E-state index contributed by atoms with van der Waals surface area (Å²) in [5, 5.41) is 7.28. The Kier molecular flexibility index (Phi) is 6.13. The molecule has 0 fully saturated rings. The van der Waals surface area contributed by atoms with Crippen LogP contribution in [0.25, 0.3) is 0 Å². The van der Waals surface area contributed by atoms with Crippen molar-refractivity contribution in [2.75, 3.05) is 24.3 Å². The van der Waals surface area contributed by atoms with Gasteiger partial charge in [-0.1, -0.05) is 23.2 Å². The quantitative estimate of drug-likeness (QED) is 0.788. The van der Waals surface area contributed by atoms with Crippen LogP contribution in [-0.2, 0) is 4.79 Å². The Morgan fingerprint density at radius 3 is 2.48 bits per heavy atom. The van der Waals surface area contributed by atoms with Crippen molar-refractivity contribution < 1.29 is 9.53 Å². The van der Waals surface area contributed by atoms with Crippen LogP contribution in [0.3, 0.4) is 0 Å². The van der Waals surface area contributed by atoms with Crippen molar-refractivity contribution in [2.24, 2.45) is 0 Å². The van der Waals surface area contributed by atoms with E-state index in [9.17, 15) is 4.79 Å². The molecule has 2 N–H and O–H groups in total. The highest BCUT2D eigenvalue weighted by atomic mass is 35.5. The van der Waals surface area contributed by atoms with Crippen molar-refractivity contribution in [3.63, 3.8) is 0 Å². The van der Waals surface area contributed by atoms with E-state index in [1.807, 2.05) is 13.0 Å². The average Bonchev–Trinajstić information content (AvgIpc) is 2.50. The zero-order valence-corrected chi connectivity index (χ0v) is 14.5. The van der Waals surface area contributed by atoms with E-state index in [1.165, 1.54) is 0 Å². The maximum absolute atomic E-state index is 12.0. The SMILES string of the molecule is COc1ccc(Cl)cc1NCCC(=O)Nc1ccc(Cl)cc1C. The number of nitrogens with one attached hydrogen (secondary N) is 2. The van der Waals surface area contributed by atoms with Gasteiger partial charge in [0.05, 0.1) is 12.8 Å². The van der Waals surface area contributed by atoms with E-state index in [2.05, 4.69) is 10.6 Å². The number of hydrogen-bond acceptors (Lipinski definition) is 3. The number of hydrogen-bond donors (Lipinski definition) is 2. The van der Waals surface area contributed by atoms with Gasteiger partial charge in [-0.2, -0.15) is 0 Å². The highest BCUT2D eigenvalue weighted by Crippen LogP contribution is 2.27. The van der Waals surface area contributed by atoms with E-state index in [4.69, 9.17) is 27.9 Å². The Labute approximate surface area is 145 Å². The Morgan fingerprint density at radius 2 is 1.78 bits per heavy atom. The Hall–Kier alpha value is -1.91. The number of ether oxygens (including phenoxy) is 1. The lowest BCUT2D eigenvalue weighted by Gasteiger charge is -2.12. The summed E-state index contributed by atoms with van der Waals surface area (Å²) in [7, 11) is 1.59. The second-order valence-corrected chi connectivity index (χ2v) is 5.90. The molecule has 0 aliphatic rings. The molecular weight excluding hydrogens is 335 g/mol. The van der Waals surface area contributed by atoms with Gasteiger partial charge < -0.3 is 15.4 Å². The van der Waals surface area contributed by atoms with Gasteiger partial charge in [0.15, 0.2) is 0 Å². The molecule has 0 saturated carbocycles. The number of amides is 1. The molecule has 0 unspecified atom stereocenters. The number of aryl methyl sites for hydroxylation is 1. The maximum Gasteiger partial charge on any atom is 0.226 e. The minimum absolute atomic E-state index is 0.0797. The summed E-state index contributed by atoms with van der Waals surface area (Å²) in [6.45, 7) is 2.37. The molecule has 2 aromatic rings. The van der Waals surface area contributed by atoms with Gasteiger partial charge in [0, 0.05) is 28.7 Å². The summed E-state index contributed by atoms with van der Waals surface area (Å²) < 4.78 is 5.25. The van der Waals surface area contributed by atoms with Crippen LogP contribution in [-0.4, -0.2) is 19.6 Å². The number of anilines is 2. The Morgan fingerprint density at radius 1 is 1.09 bits per heavy atom. The van der Waals surface area contributed by atoms with Crippen molar-refractivity contribution in [1.82, 2.24) is 0 Å². The van der Waals surface area contributed by atoms with Crippen LogP contribution < -0.4 is 15.4 Å². The van der Waals surface area contributed by atoms with Gasteiger partial charge >= 0.3 is 0 Å². The van der Waals surface area contributed by atoms with Gasteiger partial charge in [0.25, 0.3) is 0 Å². The Balaban J connectivity index is 1.89. The molecule has 0 atom stereocenters. The summed E-state index contributed by atoms with van der Waals surface area (Å²) in [6.07, 6.45) is 0.317. The molecule has 0 bridgehead atoms. The van der Waals surface area contributed by atoms with Crippen molar-refractivity contribution in [3.8, 4) is 5.75 Å². The number of benzene rings is 2. The molecule has 2 rings (SSSR count). The predicted octanol–water partition coefficient (Wildman–Crippen LogP) is 4.75. The lowest BCUT2D eigenvalue weighted by atomic mass is 10.2. The second-order valence-electron chi connectivity index (χ2n) is 5.03. The minimum Gasteiger partial charge on any atom is -0.495 e. The molecule has 0 heterocycles. The molecule has 6 heteroatoms. The van der Waals surface area contributed by atoms with Crippen molar-refractivity contribution in [2.45, 2.75) is 13.3 Å². The van der Waals surface area contributed by atoms with Gasteiger partial charge in [-0.05, 0) is 48.9 Å². The molecule has 23 heavy (non-hydrogen) atoms. The van der Waals surface area contributed by atoms with E-state index in [-0.39, 0.29) is 5.91 Å². The number of methoxy groups -OCH3 is 1. The molecule has 0 aliphatic heterocycles. The third-order valence-corrected chi connectivity index (χ3v) is 3.76. The lowest BCUT2D eigenvalue weighted by Crippen LogP contribution is -2.17. The fourth-order valence-electron chi connectivity index (χ4n) is 2.11. The van der Waals surface area contributed by atoms with Gasteiger partial charge in [0.2, 0.25) is 5.91 Å². The highest BCUT2D eigenvalue weighted by Gasteiger charge is 2.07. The van der Waals surface area contributed by atoms with Gasteiger partial charge in [-0.3, -0.25) is 4.79 Å². The first-order valence-electron chi connectivity index (χ1n) is 7.13. The van der Waals surface area contributed by atoms with E-state index in [1.54, 1.807) is 37.4 Å². The largest absolute Gasteiger partial charge is 0.495 e.